The zero-order valence-electron chi connectivity index (χ0n) is 18.0. The van der Waals surface area contributed by atoms with Crippen molar-refractivity contribution in [2.24, 2.45) is 0 Å². The van der Waals surface area contributed by atoms with Crippen molar-refractivity contribution in [3.63, 3.8) is 0 Å². The standard InChI is InChI=1S/C24H18BrFN2O5S/c1-3-33-23(32)21-12(2)27-24(34-21)28-18(14-5-4-6-15(25)11-14)17(20(30)22(28)31)19(29)13-7-9-16(26)10-8-13/h4-11,18,29H,3H2,1-2H3/b19-17+/t18-/m0/s1. The summed E-state index contributed by atoms with van der Waals surface area (Å²) >= 11 is 4.32. The zero-order valence-corrected chi connectivity index (χ0v) is 20.4. The van der Waals surface area contributed by atoms with Crippen LogP contribution >= 0.6 is 27.3 Å². The molecule has 1 atom stereocenters. The summed E-state index contributed by atoms with van der Waals surface area (Å²) in [5.41, 5.74) is 0.900. The molecule has 1 N–H and O–H groups in total. The van der Waals surface area contributed by atoms with E-state index in [4.69, 9.17) is 4.74 Å². The molecule has 1 aliphatic heterocycles. The number of hydrogen-bond donors (Lipinski definition) is 1. The third-order valence-corrected chi connectivity index (χ3v) is 6.81. The fourth-order valence-electron chi connectivity index (χ4n) is 3.66. The van der Waals surface area contributed by atoms with Gasteiger partial charge in [0, 0.05) is 10.0 Å². The molecule has 1 saturated heterocycles. The number of hydrogen-bond acceptors (Lipinski definition) is 7. The molecule has 0 aliphatic carbocycles. The van der Waals surface area contributed by atoms with E-state index in [1.54, 1.807) is 38.1 Å². The van der Waals surface area contributed by atoms with E-state index >= 15 is 0 Å². The molecule has 4 rings (SSSR count). The lowest BCUT2D eigenvalue weighted by atomic mass is 9.95. The summed E-state index contributed by atoms with van der Waals surface area (Å²) in [7, 11) is 0. The quantitative estimate of drug-likeness (QED) is 0.206. The highest BCUT2D eigenvalue weighted by atomic mass is 79.9. The molecule has 7 nitrogen and oxygen atoms in total. The number of Topliss-reactive ketones (excluding diaryl/α,β-unsaturated/α-hetero) is 1. The van der Waals surface area contributed by atoms with Gasteiger partial charge in [0.15, 0.2) is 5.13 Å². The molecule has 3 aromatic rings. The summed E-state index contributed by atoms with van der Waals surface area (Å²) < 4.78 is 19.2. The van der Waals surface area contributed by atoms with Crippen LogP contribution in [0, 0.1) is 12.7 Å². The Hall–Kier alpha value is -3.37. The van der Waals surface area contributed by atoms with E-state index in [2.05, 4.69) is 20.9 Å². The Morgan fingerprint density at radius 2 is 1.94 bits per heavy atom. The zero-order chi connectivity index (χ0) is 24.6. The number of aliphatic hydroxyl groups excluding tert-OH is 1. The van der Waals surface area contributed by atoms with Crippen LogP contribution in [-0.4, -0.2) is 34.4 Å². The SMILES string of the molecule is CCOC(=O)c1sc(N2C(=O)C(=O)/C(=C(/O)c3ccc(F)cc3)[C@@H]2c2cccc(Br)c2)nc1C. The van der Waals surface area contributed by atoms with Crippen LogP contribution in [0.4, 0.5) is 9.52 Å². The molecule has 34 heavy (non-hydrogen) atoms. The highest BCUT2D eigenvalue weighted by Crippen LogP contribution is 2.44. The first-order valence-electron chi connectivity index (χ1n) is 10.2. The second-order valence-corrected chi connectivity index (χ2v) is 9.26. The molecule has 174 valence electrons. The number of carbonyl (C=O) groups excluding carboxylic acids is 3. The summed E-state index contributed by atoms with van der Waals surface area (Å²) in [4.78, 5) is 44.4. The van der Waals surface area contributed by atoms with Crippen molar-refractivity contribution in [2.45, 2.75) is 19.9 Å². The van der Waals surface area contributed by atoms with Crippen LogP contribution in [0.1, 0.15) is 39.5 Å². The Morgan fingerprint density at radius 3 is 2.59 bits per heavy atom. The number of nitrogens with zero attached hydrogens (tertiary/aromatic N) is 2. The van der Waals surface area contributed by atoms with Crippen LogP contribution < -0.4 is 4.90 Å². The molecule has 10 heteroatoms. The van der Waals surface area contributed by atoms with Gasteiger partial charge in [0.25, 0.3) is 5.78 Å². The number of ketones is 1. The third-order valence-electron chi connectivity index (χ3n) is 5.18. The van der Waals surface area contributed by atoms with Gasteiger partial charge in [0.1, 0.15) is 16.5 Å². The Balaban J connectivity index is 1.91. The number of thiazole rings is 1. The summed E-state index contributed by atoms with van der Waals surface area (Å²) in [6, 6.07) is 10.8. The molecule has 1 aliphatic rings. The minimum absolute atomic E-state index is 0.116. The van der Waals surface area contributed by atoms with Gasteiger partial charge >= 0.3 is 11.9 Å². The van der Waals surface area contributed by atoms with Crippen LogP contribution in [0.25, 0.3) is 5.76 Å². The number of aliphatic hydroxyl groups is 1. The van der Waals surface area contributed by atoms with Gasteiger partial charge in [-0.05, 0) is 55.8 Å². The van der Waals surface area contributed by atoms with E-state index in [1.807, 2.05) is 0 Å². The van der Waals surface area contributed by atoms with Crippen LogP contribution in [-0.2, 0) is 14.3 Å². The van der Waals surface area contributed by atoms with Gasteiger partial charge < -0.3 is 9.84 Å². The van der Waals surface area contributed by atoms with Crippen LogP contribution in [0.3, 0.4) is 0 Å². The number of rotatable bonds is 5. The number of esters is 1. The topological polar surface area (TPSA) is 96.8 Å². The first kappa shape index (κ1) is 23.8. The third kappa shape index (κ3) is 4.26. The van der Waals surface area contributed by atoms with E-state index in [9.17, 15) is 23.9 Å². The molecular formula is C24H18BrFN2O5S. The van der Waals surface area contributed by atoms with E-state index in [-0.39, 0.29) is 27.8 Å². The molecule has 0 bridgehead atoms. The van der Waals surface area contributed by atoms with Crippen molar-refractivity contribution in [2.75, 3.05) is 11.5 Å². The van der Waals surface area contributed by atoms with E-state index in [1.165, 1.54) is 17.0 Å². The molecule has 1 fully saturated rings. The highest BCUT2D eigenvalue weighted by molar-refractivity contribution is 9.10. The highest BCUT2D eigenvalue weighted by Gasteiger charge is 2.48. The number of ether oxygens (including phenoxy) is 1. The minimum Gasteiger partial charge on any atom is -0.507 e. The Morgan fingerprint density at radius 1 is 1.24 bits per heavy atom. The molecule has 0 spiro atoms. The molecule has 0 unspecified atom stereocenters. The number of benzene rings is 2. The van der Waals surface area contributed by atoms with Gasteiger partial charge in [-0.15, -0.1) is 0 Å². The average Bonchev–Trinajstić information content (AvgIpc) is 3.31. The van der Waals surface area contributed by atoms with Gasteiger partial charge in [-0.25, -0.2) is 14.2 Å². The predicted octanol–water partition coefficient (Wildman–Crippen LogP) is 5.16. The molecule has 1 amide bonds. The van der Waals surface area contributed by atoms with E-state index < -0.39 is 35.3 Å². The second-order valence-electron chi connectivity index (χ2n) is 7.36. The summed E-state index contributed by atoms with van der Waals surface area (Å²) in [6.07, 6.45) is 0. The average molecular weight is 545 g/mol. The molecule has 2 aromatic carbocycles. The number of carbonyl (C=O) groups is 3. The van der Waals surface area contributed by atoms with E-state index in [0.29, 0.717) is 15.7 Å². The van der Waals surface area contributed by atoms with Crippen LogP contribution in [0.5, 0.6) is 0 Å². The molecule has 1 aromatic heterocycles. The summed E-state index contributed by atoms with van der Waals surface area (Å²) in [6.45, 7) is 3.46. The van der Waals surface area contributed by atoms with Crippen molar-refractivity contribution in [1.82, 2.24) is 4.98 Å². The lowest BCUT2D eigenvalue weighted by Crippen LogP contribution is -2.29. The minimum atomic E-state index is -1.02. The van der Waals surface area contributed by atoms with Crippen molar-refractivity contribution in [1.29, 1.82) is 0 Å². The number of aromatic nitrogens is 1. The van der Waals surface area contributed by atoms with Gasteiger partial charge in [0.05, 0.1) is 23.9 Å². The van der Waals surface area contributed by atoms with Gasteiger partial charge in [0.2, 0.25) is 0 Å². The Kier molecular flexibility index (Phi) is 6.63. The number of amides is 1. The number of aryl methyl sites for hydroxylation is 1. The van der Waals surface area contributed by atoms with Gasteiger partial charge in [-0.3, -0.25) is 14.5 Å². The fraction of sp³-hybridized carbons (Fsp3) is 0.167. The van der Waals surface area contributed by atoms with Crippen LogP contribution in [0.15, 0.2) is 58.6 Å². The Labute approximate surface area is 206 Å². The maximum atomic E-state index is 13.4. The maximum Gasteiger partial charge on any atom is 0.350 e. The maximum absolute atomic E-state index is 13.4. The first-order chi connectivity index (χ1) is 16.2. The number of anilines is 1. The molecule has 0 saturated carbocycles. The summed E-state index contributed by atoms with van der Waals surface area (Å²) in [5.74, 6) is -3.35. The smallest absolute Gasteiger partial charge is 0.350 e. The fourth-order valence-corrected chi connectivity index (χ4v) is 5.06. The van der Waals surface area contributed by atoms with Gasteiger partial charge in [-0.1, -0.05) is 39.4 Å². The van der Waals surface area contributed by atoms with Crippen LogP contribution in [0.2, 0.25) is 0 Å². The summed E-state index contributed by atoms with van der Waals surface area (Å²) in [5, 5.41) is 11.2. The molecule has 0 radical (unpaired) electrons. The normalized spacial score (nSPS) is 17.3. The van der Waals surface area contributed by atoms with Crippen molar-refractivity contribution >= 4 is 55.8 Å². The Bertz CT molecular complexity index is 1340. The van der Waals surface area contributed by atoms with Crippen molar-refractivity contribution in [3.8, 4) is 0 Å². The lowest BCUT2D eigenvalue weighted by molar-refractivity contribution is -0.132. The molecular weight excluding hydrogens is 527 g/mol. The molecule has 2 heterocycles. The monoisotopic (exact) mass is 544 g/mol. The lowest BCUT2D eigenvalue weighted by Gasteiger charge is -2.23. The second kappa shape index (κ2) is 9.47. The predicted molar refractivity (Wildman–Crippen MR) is 128 cm³/mol. The first-order valence-corrected chi connectivity index (χ1v) is 11.8. The largest absolute Gasteiger partial charge is 0.507 e. The van der Waals surface area contributed by atoms with E-state index in [0.717, 1.165) is 23.5 Å². The van der Waals surface area contributed by atoms with Gasteiger partial charge in [-0.2, -0.15) is 0 Å². The van der Waals surface area contributed by atoms with Crippen molar-refractivity contribution in [3.05, 3.63) is 86.1 Å². The number of halogens is 2. The van der Waals surface area contributed by atoms with Crippen molar-refractivity contribution < 1.29 is 28.6 Å².